The molecule has 1 atom stereocenters. The number of rotatable bonds is 8. The summed E-state index contributed by atoms with van der Waals surface area (Å²) in [6, 6.07) is 9.69. The number of hydrogen-bond donors (Lipinski definition) is 1. The average molecular weight is 378 g/mol. The molecule has 1 heterocycles. The van der Waals surface area contributed by atoms with Gasteiger partial charge in [0.05, 0.1) is 19.3 Å². The second kappa shape index (κ2) is 8.64. The van der Waals surface area contributed by atoms with E-state index in [-0.39, 0.29) is 5.91 Å². The summed E-state index contributed by atoms with van der Waals surface area (Å²) in [6.07, 6.45) is 3.62. The van der Waals surface area contributed by atoms with Crippen LogP contribution in [-0.4, -0.2) is 28.4 Å². The van der Waals surface area contributed by atoms with Crippen molar-refractivity contribution in [1.82, 2.24) is 9.78 Å². The number of carbonyl (C=O) groups is 1. The monoisotopic (exact) mass is 377 g/mol. The first-order valence-corrected chi connectivity index (χ1v) is 8.19. The molecule has 0 fully saturated rings. The molecular formula is C17H20BrN3O2. The lowest BCUT2D eigenvalue weighted by atomic mass is 10.2. The third-order valence-corrected chi connectivity index (χ3v) is 4.08. The molecule has 2 aromatic rings. The van der Waals surface area contributed by atoms with Gasteiger partial charge in [-0.2, -0.15) is 5.10 Å². The number of amides is 1. The second-order valence-corrected chi connectivity index (χ2v) is 5.90. The van der Waals surface area contributed by atoms with Gasteiger partial charge in [0.2, 0.25) is 0 Å². The molecule has 0 radical (unpaired) electrons. The Morgan fingerprint density at radius 3 is 3.00 bits per heavy atom. The molecule has 0 aliphatic heterocycles. The van der Waals surface area contributed by atoms with Crippen molar-refractivity contribution in [3.8, 4) is 0 Å². The molecule has 0 aliphatic rings. The van der Waals surface area contributed by atoms with Gasteiger partial charge in [0.1, 0.15) is 11.9 Å². The zero-order chi connectivity index (χ0) is 16.7. The minimum atomic E-state index is -0.526. The Hall–Kier alpha value is -1.92. The lowest BCUT2D eigenvalue weighted by Gasteiger charge is -2.14. The molecule has 0 spiro atoms. The molecule has 0 saturated heterocycles. The molecule has 0 aliphatic carbocycles. The van der Waals surface area contributed by atoms with Crippen molar-refractivity contribution < 1.29 is 9.53 Å². The zero-order valence-electron chi connectivity index (χ0n) is 13.0. The van der Waals surface area contributed by atoms with Crippen LogP contribution in [0.15, 0.2) is 53.7 Å². The quantitative estimate of drug-likeness (QED) is 0.564. The largest absolute Gasteiger partial charge is 0.368 e. The van der Waals surface area contributed by atoms with E-state index in [9.17, 15) is 4.79 Å². The average Bonchev–Trinajstić information content (AvgIpc) is 2.96. The van der Waals surface area contributed by atoms with Gasteiger partial charge in [-0.25, -0.2) is 4.68 Å². The lowest BCUT2D eigenvalue weighted by molar-refractivity contribution is -0.126. The minimum Gasteiger partial charge on any atom is -0.368 e. The smallest absolute Gasteiger partial charge is 0.254 e. The van der Waals surface area contributed by atoms with Gasteiger partial charge in [-0.05, 0) is 25.0 Å². The standard InChI is InChI=1S/C17H20BrN3O2/c1-3-4-11-23-13(2)17(22)20-16-9-10-19-21(16)12-14-7-5-6-8-15(14)18/h3,5-10,13H,1,4,11-12H2,2H3,(H,20,22). The Balaban J connectivity index is 1.99. The van der Waals surface area contributed by atoms with Gasteiger partial charge in [-0.1, -0.05) is 40.2 Å². The first kappa shape index (κ1) is 17.4. The van der Waals surface area contributed by atoms with E-state index < -0.39 is 6.10 Å². The van der Waals surface area contributed by atoms with Crippen LogP contribution in [0.3, 0.4) is 0 Å². The van der Waals surface area contributed by atoms with Gasteiger partial charge >= 0.3 is 0 Å². The summed E-state index contributed by atoms with van der Waals surface area (Å²) in [5.41, 5.74) is 1.09. The zero-order valence-corrected chi connectivity index (χ0v) is 14.6. The predicted octanol–water partition coefficient (Wildman–Crippen LogP) is 3.61. The van der Waals surface area contributed by atoms with Crippen LogP contribution in [0, 0.1) is 0 Å². The van der Waals surface area contributed by atoms with E-state index in [1.165, 1.54) is 0 Å². The first-order valence-electron chi connectivity index (χ1n) is 7.40. The van der Waals surface area contributed by atoms with Crippen LogP contribution in [0.2, 0.25) is 0 Å². The van der Waals surface area contributed by atoms with Crippen molar-refractivity contribution in [2.24, 2.45) is 0 Å². The Morgan fingerprint density at radius 1 is 1.48 bits per heavy atom. The number of hydrogen-bond acceptors (Lipinski definition) is 3. The van der Waals surface area contributed by atoms with Gasteiger partial charge in [-0.3, -0.25) is 4.79 Å². The molecule has 23 heavy (non-hydrogen) atoms. The molecule has 2 rings (SSSR count). The maximum atomic E-state index is 12.2. The summed E-state index contributed by atoms with van der Waals surface area (Å²) in [5, 5.41) is 7.12. The van der Waals surface area contributed by atoms with Gasteiger partial charge in [0.25, 0.3) is 5.91 Å². The van der Waals surface area contributed by atoms with Crippen LogP contribution in [-0.2, 0) is 16.1 Å². The van der Waals surface area contributed by atoms with Gasteiger partial charge < -0.3 is 10.1 Å². The van der Waals surface area contributed by atoms with Crippen LogP contribution in [0.1, 0.15) is 18.9 Å². The highest BCUT2D eigenvalue weighted by atomic mass is 79.9. The van der Waals surface area contributed by atoms with Gasteiger partial charge in [0.15, 0.2) is 0 Å². The molecule has 122 valence electrons. The second-order valence-electron chi connectivity index (χ2n) is 5.05. The molecule has 1 amide bonds. The van der Waals surface area contributed by atoms with Crippen molar-refractivity contribution in [3.63, 3.8) is 0 Å². The van der Waals surface area contributed by atoms with Crippen molar-refractivity contribution in [1.29, 1.82) is 0 Å². The summed E-state index contributed by atoms with van der Waals surface area (Å²) in [4.78, 5) is 12.2. The van der Waals surface area contributed by atoms with E-state index in [2.05, 4.69) is 32.9 Å². The van der Waals surface area contributed by atoms with E-state index in [1.807, 2.05) is 24.3 Å². The van der Waals surface area contributed by atoms with E-state index in [4.69, 9.17) is 4.74 Å². The molecule has 1 unspecified atom stereocenters. The maximum Gasteiger partial charge on any atom is 0.254 e. The number of benzene rings is 1. The number of nitrogens with zero attached hydrogens (tertiary/aromatic N) is 2. The van der Waals surface area contributed by atoms with E-state index >= 15 is 0 Å². The molecule has 1 aromatic heterocycles. The highest BCUT2D eigenvalue weighted by Crippen LogP contribution is 2.18. The third-order valence-electron chi connectivity index (χ3n) is 3.30. The van der Waals surface area contributed by atoms with Gasteiger partial charge in [0, 0.05) is 10.5 Å². The number of carbonyl (C=O) groups excluding carboxylic acids is 1. The molecule has 1 N–H and O–H groups in total. The van der Waals surface area contributed by atoms with Crippen molar-refractivity contribution in [2.45, 2.75) is 26.0 Å². The Bertz CT molecular complexity index is 669. The fourth-order valence-electron chi connectivity index (χ4n) is 1.98. The number of ether oxygens (including phenoxy) is 1. The molecule has 5 nitrogen and oxygen atoms in total. The molecule has 0 saturated carbocycles. The SMILES string of the molecule is C=CCCOC(C)C(=O)Nc1ccnn1Cc1ccccc1Br. The maximum absolute atomic E-state index is 12.2. The minimum absolute atomic E-state index is 0.192. The first-order chi connectivity index (χ1) is 11.1. The summed E-state index contributed by atoms with van der Waals surface area (Å²) < 4.78 is 8.20. The molecule has 1 aromatic carbocycles. The van der Waals surface area contributed by atoms with Crippen LogP contribution in [0.25, 0.3) is 0 Å². The van der Waals surface area contributed by atoms with Crippen LogP contribution in [0.5, 0.6) is 0 Å². The summed E-state index contributed by atoms with van der Waals surface area (Å²) in [6.45, 7) is 6.40. The number of anilines is 1. The van der Waals surface area contributed by atoms with Gasteiger partial charge in [-0.15, -0.1) is 6.58 Å². The Kier molecular flexibility index (Phi) is 6.55. The number of halogens is 1. The lowest BCUT2D eigenvalue weighted by Crippen LogP contribution is -2.29. The van der Waals surface area contributed by atoms with E-state index in [0.29, 0.717) is 19.0 Å². The van der Waals surface area contributed by atoms with Crippen LogP contribution in [0.4, 0.5) is 5.82 Å². The summed E-state index contributed by atoms with van der Waals surface area (Å²) >= 11 is 3.52. The number of nitrogens with one attached hydrogen (secondary N) is 1. The molecule has 0 bridgehead atoms. The fraction of sp³-hybridized carbons (Fsp3) is 0.294. The molecule has 6 heteroatoms. The van der Waals surface area contributed by atoms with Crippen LogP contribution < -0.4 is 5.32 Å². The van der Waals surface area contributed by atoms with Crippen molar-refractivity contribution in [2.75, 3.05) is 11.9 Å². The van der Waals surface area contributed by atoms with E-state index in [1.54, 1.807) is 29.9 Å². The summed E-state index contributed by atoms with van der Waals surface area (Å²) in [5.74, 6) is 0.452. The fourth-order valence-corrected chi connectivity index (χ4v) is 2.39. The van der Waals surface area contributed by atoms with E-state index in [0.717, 1.165) is 16.5 Å². The van der Waals surface area contributed by atoms with Crippen LogP contribution >= 0.6 is 15.9 Å². The third kappa shape index (κ3) is 5.04. The highest BCUT2D eigenvalue weighted by Gasteiger charge is 2.15. The molecular weight excluding hydrogens is 358 g/mol. The highest BCUT2D eigenvalue weighted by molar-refractivity contribution is 9.10. The Morgan fingerprint density at radius 2 is 2.26 bits per heavy atom. The number of aromatic nitrogens is 2. The predicted molar refractivity (Wildman–Crippen MR) is 94.3 cm³/mol. The van der Waals surface area contributed by atoms with Crippen molar-refractivity contribution >= 4 is 27.7 Å². The topological polar surface area (TPSA) is 56.1 Å². The van der Waals surface area contributed by atoms with Crippen molar-refractivity contribution in [3.05, 3.63) is 59.2 Å². The normalized spacial score (nSPS) is 11.9. The summed E-state index contributed by atoms with van der Waals surface area (Å²) in [7, 11) is 0. The Labute approximate surface area is 144 Å².